The molecule has 2 aromatic rings. The third-order valence-electron chi connectivity index (χ3n) is 3.70. The lowest BCUT2D eigenvalue weighted by Crippen LogP contribution is -2.22. The van der Waals surface area contributed by atoms with Gasteiger partial charge in [0.05, 0.1) is 12.6 Å². The highest BCUT2D eigenvalue weighted by Gasteiger charge is 2.24. The summed E-state index contributed by atoms with van der Waals surface area (Å²) in [4.78, 5) is 0. The van der Waals surface area contributed by atoms with Crippen molar-refractivity contribution in [2.45, 2.75) is 19.4 Å². The normalized spacial score (nSPS) is 14.6. The van der Waals surface area contributed by atoms with E-state index in [9.17, 15) is 0 Å². The first-order valence-corrected chi connectivity index (χ1v) is 8.71. The van der Waals surface area contributed by atoms with E-state index < -0.39 is 0 Å². The Hall–Kier alpha value is -0.840. The Morgan fingerprint density at radius 1 is 1.14 bits per heavy atom. The van der Waals surface area contributed by atoms with Crippen molar-refractivity contribution in [3.8, 4) is 5.75 Å². The average Bonchev–Trinajstić information content (AvgIpc) is 2.93. The summed E-state index contributed by atoms with van der Waals surface area (Å²) in [5, 5.41) is 3.58. The van der Waals surface area contributed by atoms with Crippen LogP contribution in [0.4, 0.5) is 0 Å². The number of halogens is 2. The van der Waals surface area contributed by atoms with Crippen molar-refractivity contribution in [3.05, 3.63) is 62.0 Å². The molecule has 4 heteroatoms. The van der Waals surface area contributed by atoms with Crippen molar-refractivity contribution in [3.63, 3.8) is 0 Å². The second kappa shape index (κ2) is 6.51. The van der Waals surface area contributed by atoms with E-state index in [1.807, 2.05) is 0 Å². The van der Waals surface area contributed by atoms with E-state index in [4.69, 9.17) is 4.74 Å². The van der Waals surface area contributed by atoms with Gasteiger partial charge in [0, 0.05) is 20.9 Å². The maximum atomic E-state index is 5.89. The first-order chi connectivity index (χ1) is 10.2. The zero-order valence-corrected chi connectivity index (χ0v) is 15.0. The third-order valence-corrected chi connectivity index (χ3v) is 4.69. The van der Waals surface area contributed by atoms with Gasteiger partial charge in [-0.2, -0.15) is 0 Å². The molecule has 0 spiro atoms. The number of benzene rings is 2. The van der Waals surface area contributed by atoms with E-state index in [0.29, 0.717) is 0 Å². The van der Waals surface area contributed by atoms with Crippen molar-refractivity contribution in [1.82, 2.24) is 5.32 Å². The van der Waals surface area contributed by atoms with Crippen LogP contribution in [0.1, 0.15) is 29.7 Å². The van der Waals surface area contributed by atoms with E-state index in [2.05, 4.69) is 80.5 Å². The molecule has 0 fully saturated rings. The highest BCUT2D eigenvalue weighted by molar-refractivity contribution is 9.10. The van der Waals surface area contributed by atoms with Gasteiger partial charge in [0.1, 0.15) is 5.75 Å². The summed E-state index contributed by atoms with van der Waals surface area (Å²) in [5.41, 5.74) is 3.75. The second-order valence-corrected chi connectivity index (χ2v) is 6.96. The van der Waals surface area contributed by atoms with E-state index in [1.54, 1.807) is 0 Å². The maximum Gasteiger partial charge on any atom is 0.127 e. The number of hydrogen-bond acceptors (Lipinski definition) is 2. The van der Waals surface area contributed by atoms with Gasteiger partial charge in [0.15, 0.2) is 0 Å². The molecule has 0 radical (unpaired) electrons. The Bertz CT molecular complexity index is 640. The van der Waals surface area contributed by atoms with Crippen LogP contribution >= 0.6 is 31.9 Å². The van der Waals surface area contributed by atoms with Crippen molar-refractivity contribution in [1.29, 1.82) is 0 Å². The van der Waals surface area contributed by atoms with Crippen LogP contribution in [0.15, 0.2) is 45.3 Å². The summed E-state index contributed by atoms with van der Waals surface area (Å²) in [7, 11) is 0. The molecule has 0 saturated carbocycles. The standard InChI is InChI=1S/C17H17Br2NO/c1-2-20-16(11-3-5-13(18)6-4-11)15-10-14(19)9-12-7-8-21-17(12)15/h3-6,9-10,16,20H,2,7-8H2,1H3. The summed E-state index contributed by atoms with van der Waals surface area (Å²) in [6, 6.07) is 12.9. The van der Waals surface area contributed by atoms with E-state index in [0.717, 1.165) is 34.3 Å². The smallest absolute Gasteiger partial charge is 0.127 e. The molecule has 2 nitrogen and oxygen atoms in total. The summed E-state index contributed by atoms with van der Waals surface area (Å²) in [6.45, 7) is 3.81. The van der Waals surface area contributed by atoms with Crippen molar-refractivity contribution in [2.75, 3.05) is 13.2 Å². The van der Waals surface area contributed by atoms with Crippen LogP contribution in [-0.2, 0) is 6.42 Å². The number of ether oxygens (including phenoxy) is 1. The van der Waals surface area contributed by atoms with E-state index >= 15 is 0 Å². The average molecular weight is 411 g/mol. The van der Waals surface area contributed by atoms with Crippen LogP contribution in [0, 0.1) is 0 Å². The molecule has 0 saturated heterocycles. The Labute approximate surface area is 142 Å². The predicted octanol–water partition coefficient (Wildman–Crippen LogP) is 4.85. The molecule has 1 N–H and O–H groups in total. The molecule has 1 aliphatic rings. The summed E-state index contributed by atoms with van der Waals surface area (Å²) in [5.74, 6) is 1.05. The molecule has 0 amide bonds. The molecule has 21 heavy (non-hydrogen) atoms. The third kappa shape index (κ3) is 3.17. The molecular formula is C17H17Br2NO. The lowest BCUT2D eigenvalue weighted by atomic mass is 9.96. The fraction of sp³-hybridized carbons (Fsp3) is 0.294. The van der Waals surface area contributed by atoms with Gasteiger partial charge in [0.2, 0.25) is 0 Å². The van der Waals surface area contributed by atoms with Crippen molar-refractivity contribution >= 4 is 31.9 Å². The van der Waals surface area contributed by atoms with Gasteiger partial charge in [-0.1, -0.05) is 50.9 Å². The zero-order valence-electron chi connectivity index (χ0n) is 11.8. The minimum absolute atomic E-state index is 0.146. The molecule has 0 bridgehead atoms. The van der Waals surface area contributed by atoms with Gasteiger partial charge >= 0.3 is 0 Å². The van der Waals surface area contributed by atoms with Crippen LogP contribution in [0.2, 0.25) is 0 Å². The quantitative estimate of drug-likeness (QED) is 0.778. The highest BCUT2D eigenvalue weighted by Crippen LogP contribution is 2.38. The highest BCUT2D eigenvalue weighted by atomic mass is 79.9. The topological polar surface area (TPSA) is 21.3 Å². The van der Waals surface area contributed by atoms with Gasteiger partial charge in [-0.15, -0.1) is 0 Å². The largest absolute Gasteiger partial charge is 0.493 e. The van der Waals surface area contributed by atoms with Crippen LogP contribution in [0.5, 0.6) is 5.75 Å². The van der Waals surface area contributed by atoms with Crippen LogP contribution in [0.3, 0.4) is 0 Å². The van der Waals surface area contributed by atoms with Crippen molar-refractivity contribution < 1.29 is 4.74 Å². The summed E-state index contributed by atoms with van der Waals surface area (Å²) < 4.78 is 8.09. The number of rotatable bonds is 4. The fourth-order valence-electron chi connectivity index (χ4n) is 2.78. The molecule has 0 aliphatic carbocycles. The predicted molar refractivity (Wildman–Crippen MR) is 93.0 cm³/mol. The van der Waals surface area contributed by atoms with Crippen molar-refractivity contribution in [2.24, 2.45) is 0 Å². The minimum Gasteiger partial charge on any atom is -0.493 e. The van der Waals surface area contributed by atoms with Gasteiger partial charge < -0.3 is 10.1 Å². The van der Waals surface area contributed by atoms with Crippen LogP contribution < -0.4 is 10.1 Å². The van der Waals surface area contributed by atoms with E-state index in [1.165, 1.54) is 16.7 Å². The lowest BCUT2D eigenvalue weighted by Gasteiger charge is -2.21. The van der Waals surface area contributed by atoms with E-state index in [-0.39, 0.29) is 6.04 Å². The molecule has 3 rings (SSSR count). The summed E-state index contributed by atoms with van der Waals surface area (Å²) in [6.07, 6.45) is 0.987. The number of fused-ring (bicyclic) bond motifs is 1. The zero-order chi connectivity index (χ0) is 14.8. The summed E-state index contributed by atoms with van der Waals surface area (Å²) >= 11 is 7.13. The molecule has 1 heterocycles. The monoisotopic (exact) mass is 409 g/mol. The Kier molecular flexibility index (Phi) is 4.67. The fourth-order valence-corrected chi connectivity index (χ4v) is 3.57. The Morgan fingerprint density at radius 3 is 2.62 bits per heavy atom. The minimum atomic E-state index is 0.146. The SMILES string of the molecule is CCNC(c1ccc(Br)cc1)c1cc(Br)cc2c1OCC2. The molecule has 1 aliphatic heterocycles. The Balaban J connectivity index is 2.07. The second-order valence-electron chi connectivity index (χ2n) is 5.12. The van der Waals surface area contributed by atoms with Gasteiger partial charge in [-0.05, 0) is 41.9 Å². The maximum absolute atomic E-state index is 5.89. The molecular weight excluding hydrogens is 394 g/mol. The molecule has 1 unspecified atom stereocenters. The lowest BCUT2D eigenvalue weighted by molar-refractivity contribution is 0.350. The first kappa shape index (κ1) is 15.1. The first-order valence-electron chi connectivity index (χ1n) is 7.13. The van der Waals surface area contributed by atoms with Gasteiger partial charge in [-0.3, -0.25) is 0 Å². The van der Waals surface area contributed by atoms with Crippen LogP contribution in [0.25, 0.3) is 0 Å². The van der Waals surface area contributed by atoms with Gasteiger partial charge in [0.25, 0.3) is 0 Å². The molecule has 110 valence electrons. The molecule has 1 atom stereocenters. The van der Waals surface area contributed by atoms with Gasteiger partial charge in [-0.25, -0.2) is 0 Å². The number of nitrogens with one attached hydrogen (secondary N) is 1. The molecule has 0 aromatic heterocycles. The Morgan fingerprint density at radius 2 is 1.90 bits per heavy atom. The number of hydrogen-bond donors (Lipinski definition) is 1. The molecule has 2 aromatic carbocycles. The van der Waals surface area contributed by atoms with Crippen LogP contribution in [-0.4, -0.2) is 13.2 Å².